The number of carbonyl (C=O) groups is 2. The van der Waals surface area contributed by atoms with E-state index in [0.717, 1.165) is 5.56 Å². The molecule has 1 aromatic heterocycles. The van der Waals surface area contributed by atoms with Crippen molar-refractivity contribution in [2.75, 3.05) is 0 Å². The fourth-order valence-electron chi connectivity index (χ4n) is 2.15. The van der Waals surface area contributed by atoms with Crippen LogP contribution in [0, 0.1) is 0 Å². The van der Waals surface area contributed by atoms with Gasteiger partial charge in [-0.15, -0.1) is 0 Å². The molecule has 2 amide bonds. The Morgan fingerprint density at radius 2 is 2.00 bits per heavy atom. The van der Waals surface area contributed by atoms with Gasteiger partial charge in [0.15, 0.2) is 0 Å². The summed E-state index contributed by atoms with van der Waals surface area (Å²) in [4.78, 5) is 22.9. The maximum Gasteiger partial charge on any atom is 0.267 e. The van der Waals surface area contributed by atoms with Gasteiger partial charge in [0, 0.05) is 23.4 Å². The van der Waals surface area contributed by atoms with E-state index >= 15 is 0 Å². The Labute approximate surface area is 137 Å². The summed E-state index contributed by atoms with van der Waals surface area (Å²) in [6, 6.07) is 10.9. The van der Waals surface area contributed by atoms with Gasteiger partial charge < -0.3 is 9.73 Å². The fraction of sp³-hybridized carbons (Fsp3) is 0.188. The molecule has 3 rings (SSSR count). The summed E-state index contributed by atoms with van der Waals surface area (Å²) in [5.74, 6) is 0.839. The van der Waals surface area contributed by atoms with E-state index in [1.54, 1.807) is 18.2 Å². The maximum absolute atomic E-state index is 11.9. The van der Waals surface area contributed by atoms with Gasteiger partial charge in [0.25, 0.3) is 5.91 Å². The molecule has 0 bridgehead atoms. The molecule has 6 nitrogen and oxygen atoms in total. The van der Waals surface area contributed by atoms with Crippen LogP contribution in [0.15, 0.2) is 45.9 Å². The first-order valence-corrected chi connectivity index (χ1v) is 7.48. The Morgan fingerprint density at radius 1 is 1.22 bits per heavy atom. The predicted octanol–water partition coefficient (Wildman–Crippen LogP) is 2.48. The Hall–Kier alpha value is -2.60. The van der Waals surface area contributed by atoms with Crippen LogP contribution in [0.5, 0.6) is 0 Å². The number of hydrogen-bond acceptors (Lipinski definition) is 4. The zero-order chi connectivity index (χ0) is 16.2. The molecule has 0 fully saturated rings. The normalized spacial score (nSPS) is 14.1. The molecule has 7 heteroatoms. The van der Waals surface area contributed by atoms with Crippen molar-refractivity contribution in [2.24, 2.45) is 5.10 Å². The molecule has 0 saturated heterocycles. The Kier molecular flexibility index (Phi) is 4.43. The molecule has 2 N–H and O–H groups in total. The van der Waals surface area contributed by atoms with Crippen LogP contribution in [0.3, 0.4) is 0 Å². The molecule has 2 heterocycles. The number of nitrogens with one attached hydrogen (secondary N) is 2. The predicted molar refractivity (Wildman–Crippen MR) is 85.8 cm³/mol. The molecule has 1 aromatic carbocycles. The highest BCUT2D eigenvalue weighted by atomic mass is 35.5. The minimum Gasteiger partial charge on any atom is -0.459 e. The number of furan rings is 1. The first-order chi connectivity index (χ1) is 11.1. The molecule has 23 heavy (non-hydrogen) atoms. The topological polar surface area (TPSA) is 83.7 Å². The van der Waals surface area contributed by atoms with E-state index in [0.29, 0.717) is 28.7 Å². The van der Waals surface area contributed by atoms with Gasteiger partial charge >= 0.3 is 0 Å². The van der Waals surface area contributed by atoms with Gasteiger partial charge in [0.2, 0.25) is 5.91 Å². The SMILES string of the molecule is O=C1CCC(C(=O)NCc2ccc(-c3ccc(Cl)cc3)o2)=NN1. The van der Waals surface area contributed by atoms with Gasteiger partial charge in [-0.25, -0.2) is 5.43 Å². The maximum atomic E-state index is 11.9. The second-order valence-corrected chi connectivity index (χ2v) is 5.49. The summed E-state index contributed by atoms with van der Waals surface area (Å²) in [5.41, 5.74) is 3.52. The molecule has 0 aliphatic carbocycles. The quantitative estimate of drug-likeness (QED) is 0.902. The van der Waals surface area contributed by atoms with Gasteiger partial charge in [-0.1, -0.05) is 11.6 Å². The summed E-state index contributed by atoms with van der Waals surface area (Å²) in [6.45, 7) is 0.249. The van der Waals surface area contributed by atoms with E-state index < -0.39 is 0 Å². The van der Waals surface area contributed by atoms with Crippen LogP contribution >= 0.6 is 11.6 Å². The van der Waals surface area contributed by atoms with Crippen molar-refractivity contribution in [1.82, 2.24) is 10.7 Å². The van der Waals surface area contributed by atoms with E-state index in [2.05, 4.69) is 15.8 Å². The van der Waals surface area contributed by atoms with Crippen molar-refractivity contribution in [3.05, 3.63) is 47.2 Å². The molecule has 1 aliphatic heterocycles. The number of carbonyl (C=O) groups excluding carboxylic acids is 2. The van der Waals surface area contributed by atoms with Crippen molar-refractivity contribution in [1.29, 1.82) is 0 Å². The molecule has 0 unspecified atom stereocenters. The lowest BCUT2D eigenvalue weighted by atomic mass is 10.1. The van der Waals surface area contributed by atoms with Crippen LogP contribution in [0.2, 0.25) is 5.02 Å². The fourth-order valence-corrected chi connectivity index (χ4v) is 2.28. The van der Waals surface area contributed by atoms with Crippen molar-refractivity contribution >= 4 is 29.1 Å². The second-order valence-electron chi connectivity index (χ2n) is 5.05. The zero-order valence-corrected chi connectivity index (χ0v) is 12.9. The molecular formula is C16H14ClN3O3. The Morgan fingerprint density at radius 3 is 2.70 bits per heavy atom. The van der Waals surface area contributed by atoms with E-state index in [4.69, 9.17) is 16.0 Å². The molecule has 118 valence electrons. The van der Waals surface area contributed by atoms with E-state index in [9.17, 15) is 9.59 Å². The lowest BCUT2D eigenvalue weighted by Crippen LogP contribution is -2.36. The van der Waals surface area contributed by atoms with Gasteiger partial charge in [0.1, 0.15) is 17.2 Å². The first-order valence-electron chi connectivity index (χ1n) is 7.10. The average molecular weight is 332 g/mol. The summed E-state index contributed by atoms with van der Waals surface area (Å²) >= 11 is 5.86. The molecule has 0 saturated carbocycles. The number of hydrogen-bond donors (Lipinski definition) is 2. The number of rotatable bonds is 4. The van der Waals surface area contributed by atoms with Gasteiger partial charge in [-0.05, 0) is 36.4 Å². The standard InChI is InChI=1S/C16H14ClN3O3/c17-11-3-1-10(2-4-11)14-7-5-12(23-14)9-18-16(22)13-6-8-15(21)20-19-13/h1-5,7H,6,8-9H2,(H,18,22)(H,20,21). The first kappa shape index (κ1) is 15.3. The van der Waals surface area contributed by atoms with Crippen LogP contribution in [0.1, 0.15) is 18.6 Å². The van der Waals surface area contributed by atoms with E-state index in [1.807, 2.05) is 18.2 Å². The molecule has 1 aliphatic rings. The van der Waals surface area contributed by atoms with Crippen molar-refractivity contribution < 1.29 is 14.0 Å². The number of hydrazone groups is 1. The third kappa shape index (κ3) is 3.78. The van der Waals surface area contributed by atoms with E-state index in [-0.39, 0.29) is 24.8 Å². The largest absolute Gasteiger partial charge is 0.459 e. The average Bonchev–Trinajstić information content (AvgIpc) is 3.03. The Balaban J connectivity index is 1.60. The van der Waals surface area contributed by atoms with E-state index in [1.165, 1.54) is 0 Å². The number of benzene rings is 1. The highest BCUT2D eigenvalue weighted by molar-refractivity contribution is 6.39. The molecule has 0 radical (unpaired) electrons. The monoisotopic (exact) mass is 331 g/mol. The number of halogens is 1. The lowest BCUT2D eigenvalue weighted by Gasteiger charge is -2.11. The van der Waals surface area contributed by atoms with Crippen LogP contribution in [-0.2, 0) is 16.1 Å². The summed E-state index contributed by atoms with van der Waals surface area (Å²) in [6.07, 6.45) is 0.611. The molecule has 0 spiro atoms. The van der Waals surface area contributed by atoms with Crippen molar-refractivity contribution in [3.8, 4) is 11.3 Å². The molecule has 2 aromatic rings. The van der Waals surface area contributed by atoms with Crippen LogP contribution < -0.4 is 10.7 Å². The molecular weight excluding hydrogens is 318 g/mol. The number of nitrogens with zero attached hydrogens (tertiary/aromatic N) is 1. The Bertz CT molecular complexity index is 765. The van der Waals surface area contributed by atoms with Gasteiger partial charge in [-0.2, -0.15) is 5.10 Å². The van der Waals surface area contributed by atoms with Gasteiger partial charge in [-0.3, -0.25) is 9.59 Å². The van der Waals surface area contributed by atoms with Crippen molar-refractivity contribution in [2.45, 2.75) is 19.4 Å². The molecule has 0 atom stereocenters. The van der Waals surface area contributed by atoms with Crippen molar-refractivity contribution in [3.63, 3.8) is 0 Å². The summed E-state index contributed by atoms with van der Waals surface area (Å²) < 4.78 is 5.70. The second kappa shape index (κ2) is 6.66. The minimum absolute atomic E-state index is 0.180. The lowest BCUT2D eigenvalue weighted by molar-refractivity contribution is -0.121. The summed E-state index contributed by atoms with van der Waals surface area (Å²) in [5, 5.41) is 7.13. The van der Waals surface area contributed by atoms with Crippen LogP contribution in [0.25, 0.3) is 11.3 Å². The highest BCUT2D eigenvalue weighted by Crippen LogP contribution is 2.23. The van der Waals surface area contributed by atoms with Gasteiger partial charge in [0.05, 0.1) is 6.54 Å². The highest BCUT2D eigenvalue weighted by Gasteiger charge is 2.18. The third-order valence-electron chi connectivity index (χ3n) is 3.38. The van der Waals surface area contributed by atoms with Crippen LogP contribution in [-0.4, -0.2) is 17.5 Å². The smallest absolute Gasteiger partial charge is 0.267 e. The van der Waals surface area contributed by atoms with Crippen LogP contribution in [0.4, 0.5) is 0 Å². The summed E-state index contributed by atoms with van der Waals surface area (Å²) in [7, 11) is 0. The minimum atomic E-state index is -0.311. The third-order valence-corrected chi connectivity index (χ3v) is 3.63. The number of amides is 2. The zero-order valence-electron chi connectivity index (χ0n) is 12.1.